The SMILES string of the molecule is Cn1nc2c(c1-c1cnn(C)c1C(F)(F)F)CCN(C(=O)c1ccc3ncsc3c1)C2. The highest BCUT2D eigenvalue weighted by Crippen LogP contribution is 2.39. The largest absolute Gasteiger partial charge is 0.433 e. The van der Waals surface area contributed by atoms with Crippen molar-refractivity contribution in [3.63, 3.8) is 0 Å². The number of aryl methyl sites for hydroxylation is 2. The Labute approximate surface area is 178 Å². The normalized spacial score (nSPS) is 14.3. The van der Waals surface area contributed by atoms with Crippen molar-refractivity contribution >= 4 is 27.5 Å². The molecular weight excluding hydrogens is 429 g/mol. The number of halogens is 3. The number of hydrogen-bond acceptors (Lipinski definition) is 5. The lowest BCUT2D eigenvalue weighted by molar-refractivity contribution is -0.143. The minimum atomic E-state index is -4.54. The molecule has 3 aromatic heterocycles. The van der Waals surface area contributed by atoms with Gasteiger partial charge in [-0.3, -0.25) is 14.2 Å². The number of thiazole rings is 1. The van der Waals surface area contributed by atoms with Gasteiger partial charge in [-0.1, -0.05) is 0 Å². The Morgan fingerprint density at radius 1 is 1.19 bits per heavy atom. The molecule has 1 aromatic carbocycles. The van der Waals surface area contributed by atoms with E-state index in [1.807, 2.05) is 12.1 Å². The summed E-state index contributed by atoms with van der Waals surface area (Å²) in [7, 11) is 2.89. The minimum absolute atomic E-state index is 0.00155. The molecule has 1 aliphatic heterocycles. The van der Waals surface area contributed by atoms with Crippen LogP contribution in [-0.2, 0) is 33.2 Å². The molecule has 4 heterocycles. The molecule has 0 aliphatic carbocycles. The van der Waals surface area contributed by atoms with E-state index in [0.717, 1.165) is 20.5 Å². The van der Waals surface area contributed by atoms with Gasteiger partial charge in [0.15, 0.2) is 5.69 Å². The predicted molar refractivity (Wildman–Crippen MR) is 108 cm³/mol. The van der Waals surface area contributed by atoms with Crippen LogP contribution >= 0.6 is 11.3 Å². The van der Waals surface area contributed by atoms with Gasteiger partial charge in [0.25, 0.3) is 5.91 Å². The quantitative estimate of drug-likeness (QED) is 0.472. The first-order valence-corrected chi connectivity index (χ1v) is 10.4. The molecule has 0 saturated heterocycles. The zero-order valence-corrected chi connectivity index (χ0v) is 17.5. The fourth-order valence-electron chi connectivity index (χ4n) is 4.15. The van der Waals surface area contributed by atoms with E-state index in [2.05, 4.69) is 15.2 Å². The van der Waals surface area contributed by atoms with Crippen LogP contribution in [0, 0.1) is 0 Å². The van der Waals surface area contributed by atoms with Gasteiger partial charge in [-0.25, -0.2) is 4.98 Å². The molecule has 0 saturated carbocycles. The standard InChI is InChI=1S/C20H17F3N6OS/c1-27-17(13-8-25-28(2)18(13)20(21,22)23)12-5-6-29(9-15(12)26-27)19(30)11-3-4-14-16(7-11)31-10-24-14/h3-4,7-8,10H,5-6,9H2,1-2H3. The van der Waals surface area contributed by atoms with Gasteiger partial charge in [0, 0.05) is 31.8 Å². The molecule has 0 fully saturated rings. The molecule has 4 aromatic rings. The number of aromatic nitrogens is 5. The van der Waals surface area contributed by atoms with Gasteiger partial charge < -0.3 is 4.90 Å². The number of amides is 1. The lowest BCUT2D eigenvalue weighted by atomic mass is 9.99. The first kappa shape index (κ1) is 19.7. The van der Waals surface area contributed by atoms with Gasteiger partial charge in [0.2, 0.25) is 0 Å². The van der Waals surface area contributed by atoms with Crippen LogP contribution in [0.4, 0.5) is 13.2 Å². The van der Waals surface area contributed by atoms with E-state index in [9.17, 15) is 18.0 Å². The van der Waals surface area contributed by atoms with E-state index < -0.39 is 11.9 Å². The van der Waals surface area contributed by atoms with Crippen LogP contribution in [0.1, 0.15) is 27.3 Å². The molecule has 160 valence electrons. The van der Waals surface area contributed by atoms with Gasteiger partial charge in [-0.2, -0.15) is 23.4 Å². The molecule has 0 bridgehead atoms. The van der Waals surface area contributed by atoms with E-state index >= 15 is 0 Å². The van der Waals surface area contributed by atoms with E-state index in [1.54, 1.807) is 23.5 Å². The van der Waals surface area contributed by atoms with E-state index in [1.165, 1.54) is 29.3 Å². The van der Waals surface area contributed by atoms with Crippen LogP contribution in [0.5, 0.6) is 0 Å². The van der Waals surface area contributed by atoms with E-state index in [-0.39, 0.29) is 18.0 Å². The highest BCUT2D eigenvalue weighted by Gasteiger charge is 2.40. The summed E-state index contributed by atoms with van der Waals surface area (Å²) in [6.45, 7) is 0.636. The molecule has 7 nitrogen and oxygen atoms in total. The molecule has 0 spiro atoms. The Morgan fingerprint density at radius 2 is 2.00 bits per heavy atom. The Kier molecular flexibility index (Phi) is 4.40. The summed E-state index contributed by atoms with van der Waals surface area (Å²) < 4.78 is 44.0. The summed E-state index contributed by atoms with van der Waals surface area (Å²) in [5.41, 5.74) is 4.05. The maximum atomic E-state index is 13.6. The first-order valence-electron chi connectivity index (χ1n) is 9.51. The average molecular weight is 446 g/mol. The summed E-state index contributed by atoms with van der Waals surface area (Å²) >= 11 is 1.46. The van der Waals surface area contributed by atoms with Crippen LogP contribution in [0.15, 0.2) is 29.9 Å². The highest BCUT2D eigenvalue weighted by molar-refractivity contribution is 7.16. The number of carbonyl (C=O) groups is 1. The second-order valence-electron chi connectivity index (χ2n) is 7.44. The summed E-state index contributed by atoms with van der Waals surface area (Å²) in [5.74, 6) is -0.134. The first-order chi connectivity index (χ1) is 14.7. The topological polar surface area (TPSA) is 68.8 Å². The Balaban J connectivity index is 1.48. The summed E-state index contributed by atoms with van der Waals surface area (Å²) in [4.78, 5) is 18.9. The van der Waals surface area contributed by atoms with Crippen molar-refractivity contribution in [1.29, 1.82) is 0 Å². The Morgan fingerprint density at radius 3 is 2.77 bits per heavy atom. The molecule has 31 heavy (non-hydrogen) atoms. The van der Waals surface area contributed by atoms with Crippen LogP contribution in [0.25, 0.3) is 21.5 Å². The number of benzene rings is 1. The maximum Gasteiger partial charge on any atom is 0.433 e. The molecule has 0 atom stereocenters. The third-order valence-corrected chi connectivity index (χ3v) is 6.32. The number of carbonyl (C=O) groups excluding carboxylic acids is 1. The van der Waals surface area contributed by atoms with E-state index in [4.69, 9.17) is 0 Å². The lowest BCUT2D eigenvalue weighted by Gasteiger charge is -2.26. The molecule has 0 N–H and O–H groups in total. The molecule has 1 aliphatic rings. The predicted octanol–water partition coefficient (Wildman–Crippen LogP) is 3.65. The monoisotopic (exact) mass is 446 g/mol. The van der Waals surface area contributed by atoms with Crippen LogP contribution in [0.2, 0.25) is 0 Å². The van der Waals surface area contributed by atoms with Gasteiger partial charge >= 0.3 is 6.18 Å². The molecule has 1 amide bonds. The third kappa shape index (κ3) is 3.19. The zero-order valence-electron chi connectivity index (χ0n) is 16.6. The number of rotatable bonds is 2. The maximum absolute atomic E-state index is 13.6. The summed E-state index contributed by atoms with van der Waals surface area (Å²) in [6.07, 6.45) is -2.90. The van der Waals surface area contributed by atoms with Gasteiger partial charge in [0.1, 0.15) is 0 Å². The van der Waals surface area contributed by atoms with Crippen molar-refractivity contribution in [1.82, 2.24) is 29.4 Å². The Bertz CT molecular complexity index is 1320. The molecule has 0 unspecified atom stereocenters. The smallest absolute Gasteiger partial charge is 0.332 e. The van der Waals surface area contributed by atoms with Gasteiger partial charge in [0.05, 0.1) is 45.4 Å². The third-order valence-electron chi connectivity index (χ3n) is 5.53. The Hall–Kier alpha value is -3.21. The second-order valence-corrected chi connectivity index (χ2v) is 8.32. The number of fused-ring (bicyclic) bond motifs is 2. The van der Waals surface area contributed by atoms with E-state index in [0.29, 0.717) is 29.9 Å². The fraction of sp³-hybridized carbons (Fsp3) is 0.300. The molecule has 11 heteroatoms. The number of alkyl halides is 3. The van der Waals surface area contributed by atoms with Gasteiger partial charge in [-0.05, 0) is 24.6 Å². The van der Waals surface area contributed by atoms with Crippen molar-refractivity contribution in [2.75, 3.05) is 6.54 Å². The minimum Gasteiger partial charge on any atom is -0.332 e. The van der Waals surface area contributed by atoms with Crippen LogP contribution in [0.3, 0.4) is 0 Å². The summed E-state index contributed by atoms with van der Waals surface area (Å²) in [5, 5.41) is 8.26. The number of hydrogen-bond donors (Lipinski definition) is 0. The van der Waals surface area contributed by atoms with Crippen LogP contribution < -0.4 is 0 Å². The van der Waals surface area contributed by atoms with Crippen molar-refractivity contribution < 1.29 is 18.0 Å². The molecule has 0 radical (unpaired) electrons. The highest BCUT2D eigenvalue weighted by atomic mass is 32.1. The number of nitrogens with zero attached hydrogens (tertiary/aromatic N) is 6. The fourth-order valence-corrected chi connectivity index (χ4v) is 4.86. The summed E-state index contributed by atoms with van der Waals surface area (Å²) in [6, 6.07) is 5.38. The van der Waals surface area contributed by atoms with Crippen molar-refractivity contribution in [2.45, 2.75) is 19.1 Å². The zero-order chi connectivity index (χ0) is 21.9. The average Bonchev–Trinajstić information content (AvgIpc) is 3.41. The van der Waals surface area contributed by atoms with Crippen molar-refractivity contribution in [3.8, 4) is 11.3 Å². The van der Waals surface area contributed by atoms with Crippen molar-refractivity contribution in [2.24, 2.45) is 14.1 Å². The van der Waals surface area contributed by atoms with Crippen molar-refractivity contribution in [3.05, 3.63) is 52.4 Å². The molecule has 5 rings (SSSR count). The molecular formula is C20H17F3N6OS. The second kappa shape index (κ2) is 6.91. The van der Waals surface area contributed by atoms with Crippen LogP contribution in [-0.4, -0.2) is 41.9 Å². The van der Waals surface area contributed by atoms with Gasteiger partial charge in [-0.15, -0.1) is 11.3 Å². The lowest BCUT2D eigenvalue weighted by Crippen LogP contribution is -2.36.